The zero-order valence-corrected chi connectivity index (χ0v) is 20.0. The number of benzene rings is 4. The van der Waals surface area contributed by atoms with Gasteiger partial charge in [-0.1, -0.05) is 84.4 Å². The molecule has 1 heterocycles. The van der Waals surface area contributed by atoms with Crippen LogP contribution in [0.25, 0.3) is 28.2 Å². The van der Waals surface area contributed by atoms with Crippen molar-refractivity contribution in [1.82, 2.24) is 4.57 Å². The molecule has 3 nitrogen and oxygen atoms in total. The molecule has 5 rings (SSSR count). The third-order valence-corrected chi connectivity index (χ3v) is 6.09. The molecular weight excluding hydrogens is 452 g/mol. The van der Waals surface area contributed by atoms with Crippen molar-refractivity contribution in [2.24, 2.45) is 4.99 Å². The predicted octanol–water partition coefficient (Wildman–Crippen LogP) is 8.42. The van der Waals surface area contributed by atoms with Gasteiger partial charge in [0.2, 0.25) is 0 Å². The molecule has 5 aromatic rings. The first-order chi connectivity index (χ1) is 17.1. The average Bonchev–Trinajstić information content (AvgIpc) is 3.28. The number of rotatable bonds is 6. The minimum atomic E-state index is 0.0206. The number of nitrogens with zero attached hydrogens (tertiary/aromatic N) is 2. The molecule has 170 valence electrons. The Morgan fingerprint density at radius 2 is 1.43 bits per heavy atom. The van der Waals surface area contributed by atoms with Crippen LogP contribution in [0.2, 0.25) is 5.02 Å². The number of carbonyl (C=O) groups excluding carboxylic acids is 1. The van der Waals surface area contributed by atoms with Crippen LogP contribution in [0, 0.1) is 0 Å². The van der Waals surface area contributed by atoms with E-state index in [0.29, 0.717) is 10.6 Å². The standard InChI is InChI=1S/C31H23ClN2O/c1-22(35)25-13-8-14-28(19-25)33-21-26-20-30(23-9-4-2-5-10-23)34(29-17-15-27(32)16-18-29)31(26)24-11-6-3-7-12-24/h2-21H,1H3. The lowest BCUT2D eigenvalue weighted by Gasteiger charge is -2.15. The minimum absolute atomic E-state index is 0.0206. The lowest BCUT2D eigenvalue weighted by atomic mass is 10.1. The topological polar surface area (TPSA) is 34.4 Å². The van der Waals surface area contributed by atoms with Gasteiger partial charge in [-0.15, -0.1) is 0 Å². The van der Waals surface area contributed by atoms with Gasteiger partial charge in [-0.3, -0.25) is 9.79 Å². The summed E-state index contributed by atoms with van der Waals surface area (Å²) in [6, 6.07) is 38.0. The number of hydrogen-bond acceptors (Lipinski definition) is 2. The summed E-state index contributed by atoms with van der Waals surface area (Å²) in [6.07, 6.45) is 1.88. The molecule has 4 aromatic carbocycles. The zero-order valence-electron chi connectivity index (χ0n) is 19.2. The molecule has 0 aliphatic rings. The normalized spacial score (nSPS) is 11.1. The highest BCUT2D eigenvalue weighted by atomic mass is 35.5. The van der Waals surface area contributed by atoms with Crippen molar-refractivity contribution < 1.29 is 4.79 Å². The zero-order chi connectivity index (χ0) is 24.2. The molecule has 0 spiro atoms. The van der Waals surface area contributed by atoms with Crippen LogP contribution in [0.1, 0.15) is 22.8 Å². The molecule has 0 saturated carbocycles. The summed E-state index contributed by atoms with van der Waals surface area (Å²) >= 11 is 6.22. The molecule has 0 fully saturated rings. The molecule has 4 heteroatoms. The summed E-state index contributed by atoms with van der Waals surface area (Å²) in [5, 5.41) is 0.690. The fraction of sp³-hybridized carbons (Fsp3) is 0.0323. The number of aromatic nitrogens is 1. The van der Waals surface area contributed by atoms with Gasteiger partial charge >= 0.3 is 0 Å². The van der Waals surface area contributed by atoms with Gasteiger partial charge in [0, 0.05) is 28.1 Å². The summed E-state index contributed by atoms with van der Waals surface area (Å²) < 4.78 is 2.24. The Morgan fingerprint density at radius 3 is 2.09 bits per heavy atom. The van der Waals surface area contributed by atoms with Crippen LogP contribution in [0.15, 0.2) is 120 Å². The van der Waals surface area contributed by atoms with E-state index in [1.807, 2.05) is 85.1 Å². The first-order valence-electron chi connectivity index (χ1n) is 11.4. The SMILES string of the molecule is CC(=O)c1cccc(N=Cc2cc(-c3ccccc3)n(-c3ccc(Cl)cc3)c2-c2ccccc2)c1. The van der Waals surface area contributed by atoms with E-state index in [4.69, 9.17) is 16.6 Å². The second-order valence-electron chi connectivity index (χ2n) is 8.24. The van der Waals surface area contributed by atoms with E-state index >= 15 is 0 Å². The quantitative estimate of drug-likeness (QED) is 0.179. The monoisotopic (exact) mass is 474 g/mol. The van der Waals surface area contributed by atoms with Gasteiger partial charge in [-0.2, -0.15) is 0 Å². The maximum absolute atomic E-state index is 11.8. The van der Waals surface area contributed by atoms with Gasteiger partial charge in [0.05, 0.1) is 17.1 Å². The largest absolute Gasteiger partial charge is 0.309 e. The van der Waals surface area contributed by atoms with Crippen LogP contribution < -0.4 is 0 Å². The highest BCUT2D eigenvalue weighted by Gasteiger charge is 2.18. The summed E-state index contributed by atoms with van der Waals surface area (Å²) in [4.78, 5) is 16.6. The number of carbonyl (C=O) groups is 1. The van der Waals surface area contributed by atoms with Gasteiger partial charge in [0.1, 0.15) is 0 Å². The summed E-state index contributed by atoms with van der Waals surface area (Å²) in [6.45, 7) is 1.56. The highest BCUT2D eigenvalue weighted by molar-refractivity contribution is 6.30. The number of halogens is 1. The average molecular weight is 475 g/mol. The molecule has 0 N–H and O–H groups in total. The van der Waals surface area contributed by atoms with E-state index in [1.165, 1.54) is 0 Å². The van der Waals surface area contributed by atoms with Gasteiger partial charge < -0.3 is 4.57 Å². The second kappa shape index (κ2) is 9.96. The summed E-state index contributed by atoms with van der Waals surface area (Å²) in [5.74, 6) is 0.0206. The minimum Gasteiger partial charge on any atom is -0.309 e. The van der Waals surface area contributed by atoms with E-state index < -0.39 is 0 Å². The Hall–Kier alpha value is -4.21. The number of aliphatic imine (C=N–C) groups is 1. The van der Waals surface area contributed by atoms with Gasteiger partial charge in [-0.25, -0.2) is 0 Å². The molecule has 0 aliphatic heterocycles. The molecule has 1 aromatic heterocycles. The molecular formula is C31H23ClN2O. The predicted molar refractivity (Wildman–Crippen MR) is 145 cm³/mol. The van der Waals surface area contributed by atoms with E-state index in [9.17, 15) is 4.79 Å². The number of hydrogen-bond donors (Lipinski definition) is 0. The van der Waals surface area contributed by atoms with Crippen molar-refractivity contribution in [3.05, 3.63) is 131 Å². The van der Waals surface area contributed by atoms with Crippen molar-refractivity contribution in [1.29, 1.82) is 0 Å². The fourth-order valence-electron chi connectivity index (χ4n) is 4.15. The molecule has 0 atom stereocenters. The van der Waals surface area contributed by atoms with E-state index in [-0.39, 0.29) is 5.78 Å². The van der Waals surface area contributed by atoms with Crippen LogP contribution in [0.4, 0.5) is 5.69 Å². The maximum Gasteiger partial charge on any atom is 0.159 e. The smallest absolute Gasteiger partial charge is 0.159 e. The Balaban J connectivity index is 1.74. The first kappa shape index (κ1) is 22.6. The van der Waals surface area contributed by atoms with Crippen LogP contribution in [0.5, 0.6) is 0 Å². The van der Waals surface area contributed by atoms with Crippen LogP contribution in [-0.4, -0.2) is 16.6 Å². The Bertz CT molecular complexity index is 1500. The van der Waals surface area contributed by atoms with Crippen molar-refractivity contribution in [2.75, 3.05) is 0 Å². The van der Waals surface area contributed by atoms with Gasteiger partial charge in [0.25, 0.3) is 0 Å². The Morgan fingerprint density at radius 1 is 0.771 bits per heavy atom. The van der Waals surface area contributed by atoms with E-state index in [0.717, 1.165) is 39.5 Å². The molecule has 0 unspecified atom stereocenters. The number of Topliss-reactive ketones (excluding diaryl/α,β-unsaturated/α-hetero) is 1. The summed E-state index contributed by atoms with van der Waals surface area (Å²) in [5.41, 5.74) is 7.60. The maximum atomic E-state index is 11.8. The third kappa shape index (κ3) is 4.86. The van der Waals surface area contributed by atoms with E-state index in [1.54, 1.807) is 13.0 Å². The number of ketones is 1. The second-order valence-corrected chi connectivity index (χ2v) is 8.68. The lowest BCUT2D eigenvalue weighted by Crippen LogP contribution is -2.00. The van der Waals surface area contributed by atoms with Crippen LogP contribution in [-0.2, 0) is 0 Å². The van der Waals surface area contributed by atoms with Crippen molar-refractivity contribution in [2.45, 2.75) is 6.92 Å². The van der Waals surface area contributed by atoms with E-state index in [2.05, 4.69) is 34.9 Å². The Labute approximate surface area is 210 Å². The van der Waals surface area contributed by atoms with Crippen LogP contribution >= 0.6 is 11.6 Å². The molecule has 0 bridgehead atoms. The van der Waals surface area contributed by atoms with Crippen molar-refractivity contribution >= 4 is 29.3 Å². The molecule has 35 heavy (non-hydrogen) atoms. The molecule has 0 amide bonds. The fourth-order valence-corrected chi connectivity index (χ4v) is 4.27. The van der Waals surface area contributed by atoms with Gasteiger partial charge in [0.15, 0.2) is 5.78 Å². The third-order valence-electron chi connectivity index (χ3n) is 5.84. The molecule has 0 aliphatic carbocycles. The Kier molecular flexibility index (Phi) is 6.42. The van der Waals surface area contributed by atoms with Gasteiger partial charge in [-0.05, 0) is 60.5 Å². The molecule has 0 radical (unpaired) electrons. The molecule has 0 saturated heterocycles. The van der Waals surface area contributed by atoms with Crippen molar-refractivity contribution in [3.8, 4) is 28.2 Å². The first-order valence-corrected chi connectivity index (χ1v) is 11.8. The highest BCUT2D eigenvalue weighted by Crippen LogP contribution is 2.36. The van der Waals surface area contributed by atoms with Crippen LogP contribution in [0.3, 0.4) is 0 Å². The lowest BCUT2D eigenvalue weighted by molar-refractivity contribution is 0.101. The summed E-state index contributed by atoms with van der Waals surface area (Å²) in [7, 11) is 0. The van der Waals surface area contributed by atoms with Crippen molar-refractivity contribution in [3.63, 3.8) is 0 Å².